The van der Waals surface area contributed by atoms with Crippen LogP contribution in [0, 0.1) is 5.92 Å². The van der Waals surface area contributed by atoms with Gasteiger partial charge in [0.05, 0.1) is 0 Å². The number of Topliss-reactive ketones (excluding diaryl/α,β-unsaturated/α-hetero) is 1. The molecule has 0 heterocycles. The van der Waals surface area contributed by atoms with E-state index in [0.717, 1.165) is 5.56 Å². The van der Waals surface area contributed by atoms with Crippen LogP contribution in [0.3, 0.4) is 0 Å². The molecule has 4 heteroatoms. The van der Waals surface area contributed by atoms with Crippen molar-refractivity contribution in [2.24, 2.45) is 5.92 Å². The summed E-state index contributed by atoms with van der Waals surface area (Å²) in [4.78, 5) is 11.7. The van der Waals surface area contributed by atoms with Gasteiger partial charge >= 0.3 is 0 Å². The summed E-state index contributed by atoms with van der Waals surface area (Å²) in [5.74, 6) is 0.219. The van der Waals surface area contributed by atoms with Crippen LogP contribution in [-0.2, 0) is 0 Å². The maximum Gasteiger partial charge on any atom is 0.167 e. The maximum absolute atomic E-state index is 11.7. The highest BCUT2D eigenvalue weighted by Crippen LogP contribution is 2.13. The van der Waals surface area contributed by atoms with Gasteiger partial charge in [-0.2, -0.15) is 13.5 Å². The Labute approximate surface area is 108 Å². The number of rotatable bonds is 4. The van der Waals surface area contributed by atoms with Gasteiger partial charge in [0.1, 0.15) is 0 Å². The Morgan fingerprint density at radius 2 is 1.64 bits per heavy atom. The average molecular weight is 340 g/mol. The van der Waals surface area contributed by atoms with Crippen LogP contribution in [0.1, 0.15) is 10.4 Å². The van der Waals surface area contributed by atoms with E-state index in [1.807, 2.05) is 30.3 Å². The van der Waals surface area contributed by atoms with E-state index in [2.05, 4.69) is 31.9 Å². The third-order valence-corrected chi connectivity index (χ3v) is 3.36. The highest BCUT2D eigenvalue weighted by molar-refractivity contribution is 9.09. The van der Waals surface area contributed by atoms with Crippen molar-refractivity contribution in [3.05, 3.63) is 35.9 Å². The quantitative estimate of drug-likeness (QED) is 0.607. The van der Waals surface area contributed by atoms with Crippen molar-refractivity contribution in [3.8, 4) is 0 Å². The van der Waals surface area contributed by atoms with E-state index in [0.29, 0.717) is 10.7 Å². The first-order chi connectivity index (χ1) is 6.29. The fourth-order valence-electron chi connectivity index (χ4n) is 1.02. The molecule has 0 amide bonds. The maximum atomic E-state index is 11.7. The summed E-state index contributed by atoms with van der Waals surface area (Å²) in [6.07, 6.45) is 0. The lowest BCUT2D eigenvalue weighted by atomic mass is 10.0. The molecule has 0 atom stereocenters. The number of alkyl halides is 2. The molecule has 1 nitrogen and oxygen atoms in total. The number of carbonyl (C=O) groups is 1. The second kappa shape index (κ2) is 7.49. The van der Waals surface area contributed by atoms with Crippen molar-refractivity contribution < 1.29 is 4.79 Å². The summed E-state index contributed by atoms with van der Waals surface area (Å²) >= 11 is 6.65. The SMILES string of the molecule is O=C(c1ccccc1)C(CBr)CBr.S. The third kappa shape index (κ3) is 3.75. The molecule has 0 aromatic heterocycles. The fraction of sp³-hybridized carbons (Fsp3) is 0.300. The summed E-state index contributed by atoms with van der Waals surface area (Å²) in [5.41, 5.74) is 0.784. The molecular weight excluding hydrogens is 328 g/mol. The molecule has 78 valence electrons. The molecule has 0 unspecified atom stereocenters. The molecule has 0 aliphatic rings. The van der Waals surface area contributed by atoms with Gasteiger partial charge in [-0.05, 0) is 0 Å². The van der Waals surface area contributed by atoms with Crippen molar-refractivity contribution in [1.29, 1.82) is 0 Å². The summed E-state index contributed by atoms with van der Waals surface area (Å²) in [5, 5.41) is 1.40. The lowest BCUT2D eigenvalue weighted by Gasteiger charge is -2.08. The van der Waals surface area contributed by atoms with Gasteiger partial charge in [0, 0.05) is 22.1 Å². The number of carbonyl (C=O) groups excluding carboxylic acids is 1. The summed E-state index contributed by atoms with van der Waals surface area (Å²) in [6.45, 7) is 0. The molecule has 1 aromatic rings. The lowest BCUT2D eigenvalue weighted by molar-refractivity contribution is 0.0945. The Bertz CT molecular complexity index is 273. The highest BCUT2D eigenvalue weighted by atomic mass is 79.9. The first-order valence-electron chi connectivity index (χ1n) is 4.00. The van der Waals surface area contributed by atoms with Gasteiger partial charge in [0.25, 0.3) is 0 Å². The van der Waals surface area contributed by atoms with Crippen molar-refractivity contribution in [2.45, 2.75) is 0 Å². The summed E-state index contributed by atoms with van der Waals surface area (Å²) < 4.78 is 0. The van der Waals surface area contributed by atoms with Crippen LogP contribution in [0.15, 0.2) is 30.3 Å². The number of halogens is 2. The number of hydrogen-bond acceptors (Lipinski definition) is 1. The Kier molecular flexibility index (Phi) is 7.59. The molecule has 0 spiro atoms. The first-order valence-corrected chi connectivity index (χ1v) is 6.25. The normalized spacial score (nSPS) is 9.64. The second-order valence-corrected chi connectivity index (χ2v) is 4.03. The van der Waals surface area contributed by atoms with Gasteiger partial charge in [-0.1, -0.05) is 62.2 Å². The van der Waals surface area contributed by atoms with Crippen LogP contribution in [0.5, 0.6) is 0 Å². The minimum Gasteiger partial charge on any atom is -0.294 e. The number of hydrogen-bond donors (Lipinski definition) is 0. The number of ketones is 1. The standard InChI is InChI=1S/C10H10Br2O.H2S/c11-6-9(7-12)10(13)8-4-2-1-3-5-8;/h1-5,9H,6-7H2;1H2. The molecule has 0 aliphatic heterocycles. The molecule has 0 radical (unpaired) electrons. The Morgan fingerprint density at radius 1 is 1.14 bits per heavy atom. The minimum atomic E-state index is 0. The Morgan fingerprint density at radius 3 is 2.07 bits per heavy atom. The topological polar surface area (TPSA) is 17.1 Å². The zero-order valence-corrected chi connectivity index (χ0v) is 11.7. The Hall–Kier alpha value is 0.200. The largest absolute Gasteiger partial charge is 0.294 e. The molecule has 0 saturated carbocycles. The molecule has 0 bridgehead atoms. The van der Waals surface area contributed by atoms with E-state index in [1.165, 1.54) is 0 Å². The lowest BCUT2D eigenvalue weighted by Crippen LogP contribution is -2.17. The van der Waals surface area contributed by atoms with Crippen LogP contribution < -0.4 is 0 Å². The average Bonchev–Trinajstić information content (AvgIpc) is 2.21. The fourth-order valence-corrected chi connectivity index (χ4v) is 2.68. The van der Waals surface area contributed by atoms with E-state index in [9.17, 15) is 4.79 Å². The second-order valence-electron chi connectivity index (χ2n) is 2.74. The van der Waals surface area contributed by atoms with Crippen molar-refractivity contribution >= 4 is 51.1 Å². The number of benzene rings is 1. The van der Waals surface area contributed by atoms with Gasteiger partial charge in [-0.15, -0.1) is 0 Å². The Balaban J connectivity index is 0.00000169. The molecule has 0 saturated heterocycles. The van der Waals surface area contributed by atoms with Gasteiger partial charge in [-0.3, -0.25) is 4.79 Å². The van der Waals surface area contributed by atoms with Gasteiger partial charge in [0.2, 0.25) is 0 Å². The predicted octanol–water partition coefficient (Wildman–Crippen LogP) is 3.39. The van der Waals surface area contributed by atoms with Crippen LogP contribution in [0.4, 0.5) is 0 Å². The van der Waals surface area contributed by atoms with Gasteiger partial charge < -0.3 is 0 Å². The van der Waals surface area contributed by atoms with Crippen molar-refractivity contribution in [3.63, 3.8) is 0 Å². The molecule has 14 heavy (non-hydrogen) atoms. The predicted molar refractivity (Wildman–Crippen MR) is 72.2 cm³/mol. The van der Waals surface area contributed by atoms with E-state index >= 15 is 0 Å². The summed E-state index contributed by atoms with van der Waals surface area (Å²) in [6, 6.07) is 9.37. The van der Waals surface area contributed by atoms with E-state index < -0.39 is 0 Å². The molecule has 1 rings (SSSR count). The van der Waals surface area contributed by atoms with Gasteiger partial charge in [0.15, 0.2) is 5.78 Å². The van der Waals surface area contributed by atoms with E-state index in [-0.39, 0.29) is 25.2 Å². The van der Waals surface area contributed by atoms with E-state index in [1.54, 1.807) is 0 Å². The smallest absolute Gasteiger partial charge is 0.167 e. The minimum absolute atomic E-state index is 0. The van der Waals surface area contributed by atoms with E-state index in [4.69, 9.17) is 0 Å². The van der Waals surface area contributed by atoms with Crippen LogP contribution >= 0.6 is 45.4 Å². The van der Waals surface area contributed by atoms with Crippen LogP contribution in [0.25, 0.3) is 0 Å². The molecule has 1 aromatic carbocycles. The van der Waals surface area contributed by atoms with Crippen LogP contribution in [-0.4, -0.2) is 16.4 Å². The third-order valence-electron chi connectivity index (χ3n) is 1.80. The molecule has 0 aliphatic carbocycles. The first kappa shape index (κ1) is 14.2. The highest BCUT2D eigenvalue weighted by Gasteiger charge is 2.16. The molecular formula is C10H12Br2OS. The molecule has 0 fully saturated rings. The zero-order chi connectivity index (χ0) is 9.68. The zero-order valence-electron chi connectivity index (χ0n) is 7.54. The van der Waals surface area contributed by atoms with Crippen molar-refractivity contribution in [1.82, 2.24) is 0 Å². The monoisotopic (exact) mass is 338 g/mol. The molecule has 0 N–H and O–H groups in total. The van der Waals surface area contributed by atoms with Crippen molar-refractivity contribution in [2.75, 3.05) is 10.7 Å². The van der Waals surface area contributed by atoms with Crippen LogP contribution in [0.2, 0.25) is 0 Å². The van der Waals surface area contributed by atoms with Gasteiger partial charge in [-0.25, -0.2) is 0 Å². The summed E-state index contributed by atoms with van der Waals surface area (Å²) in [7, 11) is 0.